The van der Waals surface area contributed by atoms with Gasteiger partial charge in [0.25, 0.3) is 11.8 Å². The maximum absolute atomic E-state index is 14.1. The number of carbonyl (C=O) groups excluding carboxylic acids is 2. The second-order valence-electron chi connectivity index (χ2n) is 12.8. The first-order valence-electron chi connectivity index (χ1n) is 15.2. The highest BCUT2D eigenvalue weighted by atomic mass is 28.4. The number of nitriles is 1. The fourth-order valence-corrected chi connectivity index (χ4v) is 6.55. The fraction of sp³-hybridized carbons (Fsp3) is 0.270. The molecule has 1 aliphatic rings. The lowest BCUT2D eigenvalue weighted by Gasteiger charge is -2.43. The van der Waals surface area contributed by atoms with Gasteiger partial charge < -0.3 is 19.4 Å². The Morgan fingerprint density at radius 3 is 2.09 bits per heavy atom. The van der Waals surface area contributed by atoms with Gasteiger partial charge in [0.15, 0.2) is 8.32 Å². The number of ether oxygens (including phenoxy) is 1. The molecule has 1 heterocycles. The average Bonchev–Trinajstić information content (AvgIpc) is 3.03. The summed E-state index contributed by atoms with van der Waals surface area (Å²) >= 11 is 0. The molecule has 0 spiro atoms. The van der Waals surface area contributed by atoms with Gasteiger partial charge in [-0.2, -0.15) is 5.26 Å². The fourth-order valence-electron chi connectivity index (χ4n) is 5.20. The highest BCUT2D eigenvalue weighted by Gasteiger charge is 2.42. The van der Waals surface area contributed by atoms with Crippen LogP contribution < -0.4 is 15.0 Å². The largest absolute Gasteiger partial charge is 0.487 e. The molecule has 45 heavy (non-hydrogen) atoms. The third-order valence-electron chi connectivity index (χ3n) is 8.64. The van der Waals surface area contributed by atoms with Gasteiger partial charge in [0.2, 0.25) is 0 Å². The molecule has 0 fully saturated rings. The van der Waals surface area contributed by atoms with Crippen LogP contribution in [0.1, 0.15) is 58.2 Å². The standard InChI is InChI=1S/C37H39N3O4Si/c1-37(2,3)45(4,5)44-29-21-30-31(23-38)34(39-35(41)27-17-11-7-12-18-27)33(43-25-26-15-9-6-10-16-26)22-32(30)40(24-29)36(42)28-19-13-8-14-20-28/h6-20,22,29H,21,24-25H2,1-5H3,(H,39,41)/t29-/m0/s1. The smallest absolute Gasteiger partial charge is 0.258 e. The Balaban J connectivity index is 1.65. The molecule has 1 aliphatic heterocycles. The van der Waals surface area contributed by atoms with E-state index in [0.29, 0.717) is 41.1 Å². The lowest BCUT2D eigenvalue weighted by Crippen LogP contribution is -2.51. The Morgan fingerprint density at radius 1 is 0.933 bits per heavy atom. The zero-order chi connectivity index (χ0) is 32.2. The van der Waals surface area contributed by atoms with E-state index in [1.54, 1.807) is 47.4 Å². The summed E-state index contributed by atoms with van der Waals surface area (Å²) in [4.78, 5) is 29.2. The molecule has 0 radical (unpaired) electrons. The summed E-state index contributed by atoms with van der Waals surface area (Å²) in [6.45, 7) is 11.4. The van der Waals surface area contributed by atoms with Crippen LogP contribution in [0, 0.1) is 11.3 Å². The van der Waals surface area contributed by atoms with Crippen LogP contribution in [0.2, 0.25) is 18.1 Å². The number of nitrogens with zero attached hydrogens (tertiary/aromatic N) is 2. The number of fused-ring (bicyclic) bond motifs is 1. The summed E-state index contributed by atoms with van der Waals surface area (Å²) in [7, 11) is -2.25. The Bertz CT molecular complexity index is 1710. The van der Waals surface area contributed by atoms with Gasteiger partial charge in [-0.25, -0.2) is 0 Å². The normalized spacial score (nSPS) is 14.7. The number of benzene rings is 4. The van der Waals surface area contributed by atoms with Crippen molar-refractivity contribution in [3.63, 3.8) is 0 Å². The first-order valence-corrected chi connectivity index (χ1v) is 18.1. The number of rotatable bonds is 8. The summed E-state index contributed by atoms with van der Waals surface area (Å²) < 4.78 is 13.2. The van der Waals surface area contributed by atoms with Gasteiger partial charge in [-0.15, -0.1) is 0 Å². The van der Waals surface area contributed by atoms with Crippen molar-refractivity contribution in [1.82, 2.24) is 0 Å². The molecule has 5 rings (SSSR count). The van der Waals surface area contributed by atoms with Crippen molar-refractivity contribution in [3.8, 4) is 11.8 Å². The highest BCUT2D eigenvalue weighted by Crippen LogP contribution is 2.44. The number of hydrogen-bond acceptors (Lipinski definition) is 5. The van der Waals surface area contributed by atoms with Crippen molar-refractivity contribution in [3.05, 3.63) is 125 Å². The molecule has 1 N–H and O–H groups in total. The number of carbonyl (C=O) groups is 2. The van der Waals surface area contributed by atoms with Gasteiger partial charge in [0, 0.05) is 23.6 Å². The number of hydrogen-bond donors (Lipinski definition) is 1. The van der Waals surface area contributed by atoms with E-state index in [-0.39, 0.29) is 40.8 Å². The summed E-state index contributed by atoms with van der Waals surface area (Å²) in [6, 6.07) is 31.7. The van der Waals surface area contributed by atoms with Crippen LogP contribution in [0.25, 0.3) is 0 Å². The van der Waals surface area contributed by atoms with Gasteiger partial charge >= 0.3 is 0 Å². The minimum atomic E-state index is -2.25. The molecule has 0 saturated heterocycles. The van der Waals surface area contributed by atoms with Crippen molar-refractivity contribution in [1.29, 1.82) is 5.26 Å². The molecule has 0 bridgehead atoms. The second-order valence-corrected chi connectivity index (χ2v) is 17.6. The average molecular weight is 618 g/mol. The maximum atomic E-state index is 14.1. The summed E-state index contributed by atoms with van der Waals surface area (Å²) in [5, 5.41) is 13.6. The van der Waals surface area contributed by atoms with E-state index in [2.05, 4.69) is 45.3 Å². The van der Waals surface area contributed by atoms with Gasteiger partial charge in [-0.1, -0.05) is 87.5 Å². The van der Waals surface area contributed by atoms with Crippen molar-refractivity contribution in [2.24, 2.45) is 0 Å². The van der Waals surface area contributed by atoms with Crippen molar-refractivity contribution >= 4 is 31.5 Å². The first-order chi connectivity index (χ1) is 21.5. The monoisotopic (exact) mass is 617 g/mol. The molecule has 4 aromatic rings. The predicted molar refractivity (Wildman–Crippen MR) is 180 cm³/mol. The molecule has 1 atom stereocenters. The minimum absolute atomic E-state index is 0.0520. The minimum Gasteiger partial charge on any atom is -0.487 e. The summed E-state index contributed by atoms with van der Waals surface area (Å²) in [5.74, 6) is -0.244. The van der Waals surface area contributed by atoms with E-state index in [4.69, 9.17) is 9.16 Å². The second kappa shape index (κ2) is 13.1. The topological polar surface area (TPSA) is 91.7 Å². The summed E-state index contributed by atoms with van der Waals surface area (Å²) in [6.07, 6.45) is 0.0724. The lowest BCUT2D eigenvalue weighted by atomic mass is 9.92. The molecule has 4 aromatic carbocycles. The van der Waals surface area contributed by atoms with Crippen LogP contribution in [0.5, 0.6) is 5.75 Å². The lowest BCUT2D eigenvalue weighted by molar-refractivity contribution is 0.0957. The molecule has 8 heteroatoms. The zero-order valence-corrected chi connectivity index (χ0v) is 27.5. The van der Waals surface area contributed by atoms with E-state index >= 15 is 0 Å². The first kappa shape index (κ1) is 31.7. The van der Waals surface area contributed by atoms with E-state index in [1.807, 2.05) is 54.6 Å². The number of amides is 2. The third-order valence-corrected chi connectivity index (χ3v) is 13.2. The predicted octanol–water partition coefficient (Wildman–Crippen LogP) is 7.98. The maximum Gasteiger partial charge on any atom is 0.258 e. The molecular formula is C37H39N3O4Si. The van der Waals surface area contributed by atoms with E-state index in [9.17, 15) is 14.9 Å². The van der Waals surface area contributed by atoms with Crippen LogP contribution in [0.15, 0.2) is 97.1 Å². The van der Waals surface area contributed by atoms with Gasteiger partial charge in [0.05, 0.1) is 23.9 Å². The molecule has 0 saturated carbocycles. The molecule has 230 valence electrons. The molecule has 7 nitrogen and oxygen atoms in total. The van der Waals surface area contributed by atoms with Crippen LogP contribution in [-0.2, 0) is 17.5 Å². The molecule has 0 aromatic heterocycles. The SMILES string of the molecule is CC(C)(C)[Si](C)(C)O[C@H]1Cc2c(cc(OCc3ccccc3)c(NC(=O)c3ccccc3)c2C#N)N(C(=O)c2ccccc2)C1. The van der Waals surface area contributed by atoms with Gasteiger partial charge in [0.1, 0.15) is 24.1 Å². The van der Waals surface area contributed by atoms with E-state index < -0.39 is 8.32 Å². The quantitative estimate of drug-likeness (QED) is 0.202. The van der Waals surface area contributed by atoms with Gasteiger partial charge in [-0.05, 0) is 53.5 Å². The van der Waals surface area contributed by atoms with Crippen molar-refractivity contribution < 1.29 is 18.8 Å². The molecule has 0 unspecified atom stereocenters. The molecule has 0 aliphatic carbocycles. The number of anilines is 2. The van der Waals surface area contributed by atoms with Crippen LogP contribution in [0.4, 0.5) is 11.4 Å². The van der Waals surface area contributed by atoms with Crippen LogP contribution in [-0.4, -0.2) is 32.8 Å². The summed E-state index contributed by atoms with van der Waals surface area (Å²) in [5.41, 5.74) is 3.67. The van der Waals surface area contributed by atoms with Gasteiger partial charge in [-0.3, -0.25) is 9.59 Å². The van der Waals surface area contributed by atoms with Crippen LogP contribution in [0.3, 0.4) is 0 Å². The van der Waals surface area contributed by atoms with Crippen molar-refractivity contribution in [2.45, 2.75) is 58.0 Å². The molecular weight excluding hydrogens is 579 g/mol. The Kier molecular flexibility index (Phi) is 9.23. The zero-order valence-electron chi connectivity index (χ0n) is 26.5. The van der Waals surface area contributed by atoms with E-state index in [0.717, 1.165) is 5.56 Å². The Hall–Kier alpha value is -4.71. The van der Waals surface area contributed by atoms with Crippen molar-refractivity contribution in [2.75, 3.05) is 16.8 Å². The Morgan fingerprint density at radius 2 is 1.51 bits per heavy atom. The molecule has 2 amide bonds. The third kappa shape index (κ3) is 7.01. The van der Waals surface area contributed by atoms with Crippen LogP contribution >= 0.6 is 0 Å². The van der Waals surface area contributed by atoms with E-state index in [1.165, 1.54) is 0 Å². The highest BCUT2D eigenvalue weighted by molar-refractivity contribution is 6.74. The number of nitrogens with one attached hydrogen (secondary N) is 1. The Labute approximate surface area is 266 Å².